The number of benzene rings is 2. The van der Waals surface area contributed by atoms with E-state index in [-0.39, 0.29) is 12.1 Å². The predicted molar refractivity (Wildman–Crippen MR) is 92.3 cm³/mol. The molecule has 0 heterocycles. The van der Waals surface area contributed by atoms with E-state index >= 15 is 0 Å². The Morgan fingerprint density at radius 1 is 1.00 bits per heavy atom. The van der Waals surface area contributed by atoms with Crippen LogP contribution in [-0.2, 0) is 0 Å². The van der Waals surface area contributed by atoms with Gasteiger partial charge in [-0.25, -0.2) is 0 Å². The summed E-state index contributed by atoms with van der Waals surface area (Å²) in [7, 11) is 1.99. The highest BCUT2D eigenvalue weighted by Gasteiger charge is 2.13. The molecule has 0 amide bonds. The van der Waals surface area contributed by atoms with Gasteiger partial charge in [-0.1, -0.05) is 24.3 Å². The van der Waals surface area contributed by atoms with Gasteiger partial charge in [-0.3, -0.25) is 0 Å². The third-order valence-corrected chi connectivity index (χ3v) is 3.70. The number of ether oxygens (including phenoxy) is 1. The first-order valence-corrected chi connectivity index (χ1v) is 7.87. The molecule has 1 unspecified atom stereocenters. The second kappa shape index (κ2) is 7.09. The lowest BCUT2D eigenvalue weighted by Gasteiger charge is -2.19. The summed E-state index contributed by atoms with van der Waals surface area (Å²) in [4.78, 5) is 0. The van der Waals surface area contributed by atoms with E-state index in [1.54, 1.807) is 0 Å². The summed E-state index contributed by atoms with van der Waals surface area (Å²) in [6, 6.07) is 17.0. The zero-order chi connectivity index (χ0) is 14.5. The van der Waals surface area contributed by atoms with Crippen LogP contribution in [0.4, 0.5) is 0 Å². The second-order valence-electron chi connectivity index (χ2n) is 5.02. The summed E-state index contributed by atoms with van der Waals surface area (Å²) in [5, 5.41) is 3.38. The van der Waals surface area contributed by atoms with E-state index in [0.717, 1.165) is 5.75 Å². The molecule has 1 N–H and O–H groups in total. The standard InChI is InChI=1S/C17H20INO/c1-12(2)20-16-9-5-7-14(11-16)17(19-3)13-6-4-8-15(18)10-13/h4-12,17,19H,1-3H3. The highest BCUT2D eigenvalue weighted by Crippen LogP contribution is 2.26. The Hall–Kier alpha value is -1.07. The SMILES string of the molecule is CNC(c1cccc(I)c1)c1cccc(OC(C)C)c1. The molecule has 0 radical (unpaired) electrons. The molecule has 0 saturated carbocycles. The van der Waals surface area contributed by atoms with Gasteiger partial charge in [-0.05, 0) is 78.9 Å². The zero-order valence-corrected chi connectivity index (χ0v) is 14.2. The monoisotopic (exact) mass is 381 g/mol. The van der Waals surface area contributed by atoms with Crippen LogP contribution in [0.3, 0.4) is 0 Å². The molecule has 2 rings (SSSR count). The maximum absolute atomic E-state index is 5.78. The number of nitrogens with one attached hydrogen (secondary N) is 1. The molecule has 0 aliphatic rings. The lowest BCUT2D eigenvalue weighted by molar-refractivity contribution is 0.242. The van der Waals surface area contributed by atoms with Gasteiger partial charge in [0.15, 0.2) is 0 Å². The molecule has 2 nitrogen and oxygen atoms in total. The molecule has 0 aliphatic carbocycles. The van der Waals surface area contributed by atoms with Crippen LogP contribution in [0.25, 0.3) is 0 Å². The van der Waals surface area contributed by atoms with Crippen molar-refractivity contribution < 1.29 is 4.74 Å². The smallest absolute Gasteiger partial charge is 0.120 e. The van der Waals surface area contributed by atoms with Crippen molar-refractivity contribution in [3.63, 3.8) is 0 Å². The normalized spacial score (nSPS) is 12.4. The molecular weight excluding hydrogens is 361 g/mol. The average Bonchev–Trinajstić information content (AvgIpc) is 2.39. The van der Waals surface area contributed by atoms with Crippen LogP contribution in [0.2, 0.25) is 0 Å². The van der Waals surface area contributed by atoms with Gasteiger partial charge in [0.05, 0.1) is 12.1 Å². The fourth-order valence-electron chi connectivity index (χ4n) is 2.25. The van der Waals surface area contributed by atoms with Crippen LogP contribution >= 0.6 is 22.6 Å². The Balaban J connectivity index is 2.32. The lowest BCUT2D eigenvalue weighted by atomic mass is 9.99. The van der Waals surface area contributed by atoms with Crippen molar-refractivity contribution >= 4 is 22.6 Å². The minimum absolute atomic E-state index is 0.181. The first-order valence-electron chi connectivity index (χ1n) is 6.79. The van der Waals surface area contributed by atoms with Crippen LogP contribution < -0.4 is 10.1 Å². The van der Waals surface area contributed by atoms with Crippen molar-refractivity contribution in [2.75, 3.05) is 7.05 Å². The summed E-state index contributed by atoms with van der Waals surface area (Å²) in [6.07, 6.45) is 0.191. The Morgan fingerprint density at radius 2 is 1.65 bits per heavy atom. The Kier molecular flexibility index (Phi) is 5.43. The zero-order valence-electron chi connectivity index (χ0n) is 12.1. The van der Waals surface area contributed by atoms with Gasteiger partial charge in [-0.2, -0.15) is 0 Å². The maximum Gasteiger partial charge on any atom is 0.120 e. The Bertz CT molecular complexity index is 568. The Morgan fingerprint density at radius 3 is 2.25 bits per heavy atom. The first-order chi connectivity index (χ1) is 9.60. The van der Waals surface area contributed by atoms with Crippen LogP contribution in [0, 0.1) is 3.57 Å². The highest BCUT2D eigenvalue weighted by atomic mass is 127. The summed E-state index contributed by atoms with van der Waals surface area (Å²) < 4.78 is 7.03. The van der Waals surface area contributed by atoms with E-state index in [1.807, 2.05) is 33.0 Å². The summed E-state index contributed by atoms with van der Waals surface area (Å²) in [5.74, 6) is 0.920. The maximum atomic E-state index is 5.78. The molecule has 0 aromatic heterocycles. The minimum atomic E-state index is 0.181. The number of hydrogen-bond donors (Lipinski definition) is 1. The third-order valence-electron chi connectivity index (χ3n) is 3.03. The van der Waals surface area contributed by atoms with Crippen molar-refractivity contribution in [1.82, 2.24) is 5.32 Å². The van der Waals surface area contributed by atoms with E-state index in [0.29, 0.717) is 0 Å². The van der Waals surface area contributed by atoms with E-state index in [4.69, 9.17) is 4.74 Å². The molecule has 0 aliphatic heterocycles. The topological polar surface area (TPSA) is 21.3 Å². The van der Waals surface area contributed by atoms with Gasteiger partial charge in [0.2, 0.25) is 0 Å². The van der Waals surface area contributed by atoms with Gasteiger partial charge < -0.3 is 10.1 Å². The van der Waals surface area contributed by atoms with Crippen molar-refractivity contribution in [3.05, 3.63) is 63.2 Å². The molecule has 2 aromatic rings. The van der Waals surface area contributed by atoms with E-state index in [2.05, 4.69) is 64.3 Å². The lowest BCUT2D eigenvalue weighted by Crippen LogP contribution is -2.18. The summed E-state index contributed by atoms with van der Waals surface area (Å²) in [5.41, 5.74) is 2.48. The molecule has 0 spiro atoms. The number of halogens is 1. The number of hydrogen-bond acceptors (Lipinski definition) is 2. The fourth-order valence-corrected chi connectivity index (χ4v) is 2.82. The fraction of sp³-hybridized carbons (Fsp3) is 0.294. The van der Waals surface area contributed by atoms with Gasteiger partial charge in [0.1, 0.15) is 5.75 Å². The van der Waals surface area contributed by atoms with Gasteiger partial charge in [0, 0.05) is 3.57 Å². The molecule has 0 saturated heterocycles. The molecule has 20 heavy (non-hydrogen) atoms. The van der Waals surface area contributed by atoms with Gasteiger partial charge in [0.25, 0.3) is 0 Å². The molecule has 0 fully saturated rings. The van der Waals surface area contributed by atoms with E-state index < -0.39 is 0 Å². The number of rotatable bonds is 5. The largest absolute Gasteiger partial charge is 0.491 e. The molecule has 3 heteroatoms. The average molecular weight is 381 g/mol. The van der Waals surface area contributed by atoms with Gasteiger partial charge in [-0.15, -0.1) is 0 Å². The van der Waals surface area contributed by atoms with Crippen LogP contribution in [0.5, 0.6) is 5.75 Å². The van der Waals surface area contributed by atoms with E-state index in [9.17, 15) is 0 Å². The van der Waals surface area contributed by atoms with Gasteiger partial charge >= 0.3 is 0 Å². The van der Waals surface area contributed by atoms with Crippen molar-refractivity contribution in [1.29, 1.82) is 0 Å². The van der Waals surface area contributed by atoms with Crippen molar-refractivity contribution in [2.24, 2.45) is 0 Å². The van der Waals surface area contributed by atoms with Crippen LogP contribution in [0.15, 0.2) is 48.5 Å². The molecular formula is C17H20INO. The quantitative estimate of drug-likeness (QED) is 0.776. The predicted octanol–water partition coefficient (Wildman–Crippen LogP) is 4.39. The Labute approximate surface area is 134 Å². The molecule has 2 aromatic carbocycles. The molecule has 1 atom stereocenters. The van der Waals surface area contributed by atoms with Crippen LogP contribution in [0.1, 0.15) is 31.0 Å². The summed E-state index contributed by atoms with van der Waals surface area (Å²) >= 11 is 2.34. The first kappa shape index (κ1) is 15.3. The third kappa shape index (κ3) is 3.96. The van der Waals surface area contributed by atoms with Crippen molar-refractivity contribution in [2.45, 2.75) is 26.0 Å². The molecule has 0 bridgehead atoms. The van der Waals surface area contributed by atoms with E-state index in [1.165, 1.54) is 14.7 Å². The highest BCUT2D eigenvalue weighted by molar-refractivity contribution is 14.1. The van der Waals surface area contributed by atoms with Crippen LogP contribution in [-0.4, -0.2) is 13.2 Å². The summed E-state index contributed by atoms with van der Waals surface area (Å²) in [6.45, 7) is 4.09. The van der Waals surface area contributed by atoms with Crippen molar-refractivity contribution in [3.8, 4) is 5.75 Å². The minimum Gasteiger partial charge on any atom is -0.491 e. The second-order valence-corrected chi connectivity index (χ2v) is 6.26. The molecule has 106 valence electrons.